The fourth-order valence-electron chi connectivity index (χ4n) is 3.85. The van der Waals surface area contributed by atoms with Gasteiger partial charge in [-0.2, -0.15) is 13.2 Å². The van der Waals surface area contributed by atoms with Crippen molar-refractivity contribution in [3.8, 4) is 5.75 Å². The van der Waals surface area contributed by atoms with Crippen LogP contribution in [0.15, 0.2) is 24.3 Å². The maximum Gasteiger partial charge on any atom is 0.427 e. The molecule has 1 spiro atoms. The third-order valence-electron chi connectivity index (χ3n) is 5.70. The first-order valence-corrected chi connectivity index (χ1v) is 10.5. The van der Waals surface area contributed by atoms with Crippen LogP contribution in [-0.2, 0) is 16.1 Å². The van der Waals surface area contributed by atoms with Crippen LogP contribution in [0.2, 0.25) is 0 Å². The van der Waals surface area contributed by atoms with Gasteiger partial charge < -0.3 is 19.1 Å². The van der Waals surface area contributed by atoms with Gasteiger partial charge in [0.25, 0.3) is 0 Å². The number of alkyl halides is 4. The first-order valence-electron chi connectivity index (χ1n) is 9.58. The third kappa shape index (κ3) is 5.78. The largest absolute Gasteiger partial charge is 0.497 e. The summed E-state index contributed by atoms with van der Waals surface area (Å²) < 4.78 is 54.9. The van der Waals surface area contributed by atoms with Crippen LogP contribution in [0, 0.1) is 5.41 Å². The Labute approximate surface area is 176 Å². The standard InChI is InChI=1S/C20H25BrF3NO4/c1-27-16-4-2-14(3-5-16)12-28-13-17(20(22,23)24)29-18(26)25-8-6-19(7-9-25)10-15(21)11-19/h2-5,15,17H,6-13H2,1H3. The van der Waals surface area contributed by atoms with Gasteiger partial charge in [0.15, 0.2) is 0 Å². The molecule has 162 valence electrons. The normalized spacial score (nSPS) is 20.2. The summed E-state index contributed by atoms with van der Waals surface area (Å²) in [5.74, 6) is 0.646. The number of carbonyl (C=O) groups is 1. The Kier molecular flexibility index (Phi) is 6.98. The lowest BCUT2D eigenvalue weighted by atomic mass is 9.63. The fraction of sp³-hybridized carbons (Fsp3) is 0.650. The van der Waals surface area contributed by atoms with Crippen molar-refractivity contribution < 1.29 is 32.2 Å². The molecule has 1 aromatic carbocycles. The van der Waals surface area contributed by atoms with E-state index < -0.39 is 25.0 Å². The van der Waals surface area contributed by atoms with Gasteiger partial charge in [-0.3, -0.25) is 0 Å². The number of piperidine rings is 1. The molecule has 0 bridgehead atoms. The van der Waals surface area contributed by atoms with E-state index in [1.165, 1.54) is 12.0 Å². The molecule has 1 atom stereocenters. The molecule has 0 radical (unpaired) electrons. The van der Waals surface area contributed by atoms with Crippen LogP contribution in [0.3, 0.4) is 0 Å². The Morgan fingerprint density at radius 3 is 2.38 bits per heavy atom. The third-order valence-corrected chi connectivity index (χ3v) is 6.34. The number of ether oxygens (including phenoxy) is 3. The molecule has 1 amide bonds. The number of hydrogen-bond acceptors (Lipinski definition) is 4. The van der Waals surface area contributed by atoms with E-state index in [4.69, 9.17) is 14.2 Å². The van der Waals surface area contributed by atoms with E-state index in [0.29, 0.717) is 29.2 Å². The number of methoxy groups -OCH3 is 1. The van der Waals surface area contributed by atoms with Crippen LogP contribution < -0.4 is 4.74 Å². The average molecular weight is 480 g/mol. The maximum atomic E-state index is 13.3. The minimum atomic E-state index is -4.69. The molecular weight excluding hydrogens is 455 g/mol. The number of likely N-dealkylation sites (tertiary alicyclic amines) is 1. The lowest BCUT2D eigenvalue weighted by Crippen LogP contribution is -2.50. The molecule has 9 heteroatoms. The summed E-state index contributed by atoms with van der Waals surface area (Å²) in [6, 6.07) is 6.80. The molecule has 3 rings (SSSR count). The topological polar surface area (TPSA) is 48.0 Å². The molecule has 0 aromatic heterocycles. The van der Waals surface area contributed by atoms with E-state index in [0.717, 1.165) is 25.7 Å². The summed E-state index contributed by atoms with van der Waals surface area (Å²) in [5.41, 5.74) is 0.931. The Morgan fingerprint density at radius 1 is 1.24 bits per heavy atom. The highest BCUT2D eigenvalue weighted by atomic mass is 79.9. The van der Waals surface area contributed by atoms with Crippen molar-refractivity contribution in [3.63, 3.8) is 0 Å². The highest BCUT2D eigenvalue weighted by molar-refractivity contribution is 9.09. The van der Waals surface area contributed by atoms with Crippen molar-refractivity contribution in [1.82, 2.24) is 4.90 Å². The van der Waals surface area contributed by atoms with Crippen LogP contribution in [-0.4, -0.2) is 54.9 Å². The van der Waals surface area contributed by atoms with Gasteiger partial charge in [0.1, 0.15) is 5.75 Å². The van der Waals surface area contributed by atoms with Crippen LogP contribution in [0.4, 0.5) is 18.0 Å². The number of benzene rings is 1. The molecule has 2 fully saturated rings. The second-order valence-corrected chi connectivity index (χ2v) is 9.06. The smallest absolute Gasteiger partial charge is 0.427 e. The monoisotopic (exact) mass is 479 g/mol. The molecular formula is C20H25BrF3NO4. The highest BCUT2D eigenvalue weighted by Gasteiger charge is 2.47. The number of halogens is 4. The van der Waals surface area contributed by atoms with E-state index in [9.17, 15) is 18.0 Å². The van der Waals surface area contributed by atoms with Crippen LogP contribution in [0.5, 0.6) is 5.75 Å². The SMILES string of the molecule is COc1ccc(COCC(OC(=O)N2CCC3(CC2)CC(Br)C3)C(F)(F)F)cc1. The van der Waals surface area contributed by atoms with Crippen LogP contribution in [0.25, 0.3) is 0 Å². The molecule has 2 aliphatic rings. The van der Waals surface area contributed by atoms with Gasteiger partial charge in [-0.05, 0) is 48.8 Å². The second kappa shape index (κ2) is 9.12. The minimum Gasteiger partial charge on any atom is -0.497 e. The van der Waals surface area contributed by atoms with Gasteiger partial charge in [-0.15, -0.1) is 0 Å². The molecule has 1 saturated heterocycles. The molecule has 1 unspecified atom stereocenters. The summed E-state index contributed by atoms with van der Waals surface area (Å²) >= 11 is 3.57. The van der Waals surface area contributed by atoms with E-state index in [1.807, 2.05) is 0 Å². The van der Waals surface area contributed by atoms with Gasteiger partial charge in [0, 0.05) is 17.9 Å². The lowest BCUT2D eigenvalue weighted by Gasteiger charge is -2.50. The van der Waals surface area contributed by atoms with Crippen LogP contribution in [0.1, 0.15) is 31.2 Å². The lowest BCUT2D eigenvalue weighted by molar-refractivity contribution is -0.220. The van der Waals surface area contributed by atoms with Crippen LogP contribution >= 0.6 is 15.9 Å². The predicted molar refractivity (Wildman–Crippen MR) is 104 cm³/mol. The first-order chi connectivity index (χ1) is 13.7. The summed E-state index contributed by atoms with van der Waals surface area (Å²) in [7, 11) is 1.53. The van der Waals surface area contributed by atoms with E-state index >= 15 is 0 Å². The molecule has 1 aliphatic carbocycles. The first kappa shape index (κ1) is 22.2. The zero-order chi connectivity index (χ0) is 21.1. The van der Waals surface area contributed by atoms with Crippen molar-refractivity contribution in [2.75, 3.05) is 26.8 Å². The molecule has 1 aromatic rings. The van der Waals surface area contributed by atoms with Gasteiger partial charge in [0.2, 0.25) is 6.10 Å². The predicted octanol–water partition coefficient (Wildman–Crippen LogP) is 4.92. The van der Waals surface area contributed by atoms with Gasteiger partial charge in [0.05, 0.1) is 20.3 Å². The van der Waals surface area contributed by atoms with E-state index in [-0.39, 0.29) is 12.0 Å². The van der Waals surface area contributed by atoms with E-state index in [2.05, 4.69) is 15.9 Å². The van der Waals surface area contributed by atoms with E-state index in [1.54, 1.807) is 24.3 Å². The Balaban J connectivity index is 1.47. The van der Waals surface area contributed by atoms with Crippen molar-refractivity contribution >= 4 is 22.0 Å². The molecule has 1 saturated carbocycles. The van der Waals surface area contributed by atoms with Crippen molar-refractivity contribution in [2.45, 2.75) is 49.4 Å². The molecule has 5 nitrogen and oxygen atoms in total. The number of hydrogen-bond donors (Lipinski definition) is 0. The zero-order valence-electron chi connectivity index (χ0n) is 16.2. The Hall–Kier alpha value is -1.48. The Morgan fingerprint density at radius 2 is 1.86 bits per heavy atom. The summed E-state index contributed by atoms with van der Waals surface area (Å²) in [6.07, 6.45) is -4.20. The molecule has 1 aliphatic heterocycles. The molecule has 0 N–H and O–H groups in total. The van der Waals surface area contributed by atoms with Gasteiger partial charge >= 0.3 is 12.3 Å². The second-order valence-electron chi connectivity index (χ2n) is 7.77. The zero-order valence-corrected chi connectivity index (χ0v) is 17.8. The number of amides is 1. The Bertz CT molecular complexity index is 682. The molecule has 1 heterocycles. The van der Waals surface area contributed by atoms with Gasteiger partial charge in [-0.25, -0.2) is 4.79 Å². The summed E-state index contributed by atoms with van der Waals surface area (Å²) in [4.78, 5) is 14.1. The fourth-order valence-corrected chi connectivity index (χ4v) is 5.22. The highest BCUT2D eigenvalue weighted by Crippen LogP contribution is 2.51. The maximum absolute atomic E-state index is 13.3. The van der Waals surface area contributed by atoms with Crippen molar-refractivity contribution in [3.05, 3.63) is 29.8 Å². The summed E-state index contributed by atoms with van der Waals surface area (Å²) in [5, 5.41) is 0. The number of nitrogens with zero attached hydrogens (tertiary/aromatic N) is 1. The summed E-state index contributed by atoms with van der Waals surface area (Å²) in [6.45, 7) is 0.0874. The van der Waals surface area contributed by atoms with Gasteiger partial charge in [-0.1, -0.05) is 28.1 Å². The number of rotatable bonds is 6. The van der Waals surface area contributed by atoms with Crippen molar-refractivity contribution in [1.29, 1.82) is 0 Å². The average Bonchev–Trinajstić information content (AvgIpc) is 2.66. The molecule has 29 heavy (non-hydrogen) atoms. The number of carbonyl (C=O) groups excluding carboxylic acids is 1. The minimum absolute atomic E-state index is 0.0198. The van der Waals surface area contributed by atoms with Crippen molar-refractivity contribution in [2.24, 2.45) is 5.41 Å². The quantitative estimate of drug-likeness (QED) is 0.543.